The lowest BCUT2D eigenvalue weighted by atomic mass is 9.86. The first-order valence-electron chi connectivity index (χ1n) is 11.7. The van der Waals surface area contributed by atoms with Crippen LogP contribution in [0.4, 0.5) is 0 Å². The van der Waals surface area contributed by atoms with E-state index in [0.717, 1.165) is 23.3 Å². The number of fused-ring (bicyclic) bond motifs is 3. The van der Waals surface area contributed by atoms with Crippen LogP contribution in [0.2, 0.25) is 0 Å². The van der Waals surface area contributed by atoms with Gasteiger partial charge in [0.05, 0.1) is 6.10 Å². The molecule has 3 N–H and O–H groups in total. The molecule has 0 bridgehead atoms. The van der Waals surface area contributed by atoms with Crippen molar-refractivity contribution in [3.05, 3.63) is 77.6 Å². The minimum atomic E-state index is -0.845. The molecule has 1 aromatic heterocycles. The van der Waals surface area contributed by atoms with Crippen LogP contribution in [0.1, 0.15) is 43.1 Å². The van der Waals surface area contributed by atoms with Gasteiger partial charge in [0.25, 0.3) is 0 Å². The Balaban J connectivity index is 1.32. The molecule has 1 aliphatic carbocycles. The van der Waals surface area contributed by atoms with Gasteiger partial charge in [0.15, 0.2) is 5.82 Å². The predicted molar refractivity (Wildman–Crippen MR) is 126 cm³/mol. The third-order valence-electron chi connectivity index (χ3n) is 6.85. The first-order valence-corrected chi connectivity index (χ1v) is 11.7. The van der Waals surface area contributed by atoms with E-state index in [0.29, 0.717) is 24.4 Å². The third-order valence-corrected chi connectivity index (χ3v) is 6.85. The zero-order valence-corrected chi connectivity index (χ0v) is 19.3. The maximum atomic E-state index is 10.9. The summed E-state index contributed by atoms with van der Waals surface area (Å²) in [7, 11) is 0. The van der Waals surface area contributed by atoms with Gasteiger partial charge in [0, 0.05) is 30.2 Å². The molecular formula is C26H30N4O4. The summed E-state index contributed by atoms with van der Waals surface area (Å²) < 4.78 is 12.4. The molecule has 0 saturated heterocycles. The minimum Gasteiger partial charge on any atom is -0.489 e. The van der Waals surface area contributed by atoms with E-state index < -0.39 is 17.8 Å². The number of nitrogens with zero attached hydrogens (tertiary/aromatic N) is 3. The first-order chi connectivity index (χ1) is 16.4. The highest BCUT2D eigenvalue weighted by Gasteiger charge is 2.49. The van der Waals surface area contributed by atoms with Crippen LogP contribution in [0.15, 0.2) is 60.7 Å². The Morgan fingerprint density at radius 1 is 1.18 bits per heavy atom. The van der Waals surface area contributed by atoms with Gasteiger partial charge in [-0.2, -0.15) is 5.21 Å². The van der Waals surface area contributed by atoms with E-state index in [4.69, 9.17) is 9.47 Å². The zero-order valence-electron chi connectivity index (χ0n) is 19.3. The molecule has 1 fully saturated rings. The van der Waals surface area contributed by atoms with E-state index in [9.17, 15) is 10.2 Å². The second-order valence-electron chi connectivity index (χ2n) is 9.57. The summed E-state index contributed by atoms with van der Waals surface area (Å²) in [6.45, 7) is 3.71. The van der Waals surface area contributed by atoms with Crippen molar-refractivity contribution in [1.82, 2.24) is 20.6 Å². The lowest BCUT2D eigenvalue weighted by Crippen LogP contribution is -2.41. The number of aliphatic hydroxyl groups excluding tert-OH is 2. The van der Waals surface area contributed by atoms with Crippen molar-refractivity contribution < 1.29 is 19.7 Å². The summed E-state index contributed by atoms with van der Waals surface area (Å²) in [6.07, 6.45) is 4.18. The number of H-pyrrole nitrogens is 1. The van der Waals surface area contributed by atoms with E-state index >= 15 is 0 Å². The molecule has 2 aromatic carbocycles. The van der Waals surface area contributed by atoms with E-state index in [1.54, 1.807) is 6.08 Å². The Hall–Kier alpha value is -3.23. The number of para-hydroxylation sites is 2. The van der Waals surface area contributed by atoms with Gasteiger partial charge >= 0.3 is 0 Å². The van der Waals surface area contributed by atoms with Crippen molar-refractivity contribution in [3.8, 4) is 11.5 Å². The number of aromatic amines is 1. The van der Waals surface area contributed by atoms with Crippen LogP contribution in [-0.4, -0.2) is 54.8 Å². The van der Waals surface area contributed by atoms with Gasteiger partial charge < -0.3 is 19.7 Å². The number of aliphatic hydroxyl groups is 2. The Bertz CT molecular complexity index is 1130. The second kappa shape index (κ2) is 9.19. The normalized spacial score (nSPS) is 24.6. The van der Waals surface area contributed by atoms with E-state index in [-0.39, 0.29) is 17.9 Å². The molecule has 1 saturated carbocycles. The monoisotopic (exact) mass is 462 g/mol. The Labute approximate surface area is 198 Å². The molecule has 34 heavy (non-hydrogen) atoms. The smallest absolute Gasteiger partial charge is 0.174 e. The highest BCUT2D eigenvalue weighted by atomic mass is 16.5. The lowest BCUT2D eigenvalue weighted by molar-refractivity contribution is -0.00221. The molecule has 1 aliphatic heterocycles. The summed E-state index contributed by atoms with van der Waals surface area (Å²) in [5, 5.41) is 35.8. The standard InChI is InChI=1S/C26H30N4O4/c1-26(2,34-17-8-4-3-5-9-17)22(32)13-12-18-20(31)15-21-24(18)19-10-6-7-16(25(19)33-21)11-14-23-27-29-30-28-23/h3-10,12-13,18,20-22,24,31-32H,11,14-15H2,1-2H3,(H,27,28,29,30)/t18-,20+,21-,22+,24-/m0/s1. The highest BCUT2D eigenvalue weighted by molar-refractivity contribution is 5.49. The summed E-state index contributed by atoms with van der Waals surface area (Å²) in [4.78, 5) is 0. The van der Waals surface area contributed by atoms with Crippen LogP contribution in [0, 0.1) is 5.92 Å². The fourth-order valence-corrected chi connectivity index (χ4v) is 5.02. The van der Waals surface area contributed by atoms with Crippen molar-refractivity contribution in [2.24, 2.45) is 5.92 Å². The van der Waals surface area contributed by atoms with Crippen molar-refractivity contribution in [1.29, 1.82) is 0 Å². The molecule has 178 valence electrons. The Kier molecular flexibility index (Phi) is 6.10. The third kappa shape index (κ3) is 4.43. The van der Waals surface area contributed by atoms with Crippen molar-refractivity contribution in [2.45, 2.75) is 62.9 Å². The van der Waals surface area contributed by atoms with Gasteiger partial charge in [-0.1, -0.05) is 53.8 Å². The molecule has 8 heteroatoms. The van der Waals surface area contributed by atoms with Gasteiger partial charge in [-0.05, 0) is 38.0 Å². The number of benzene rings is 2. The number of aromatic nitrogens is 4. The molecular weight excluding hydrogens is 432 g/mol. The average Bonchev–Trinajstić information content (AvgIpc) is 3.53. The fourth-order valence-electron chi connectivity index (χ4n) is 5.02. The van der Waals surface area contributed by atoms with Gasteiger partial charge in [0.1, 0.15) is 29.3 Å². The highest BCUT2D eigenvalue weighted by Crippen LogP contribution is 2.52. The van der Waals surface area contributed by atoms with Crippen LogP contribution < -0.4 is 9.47 Å². The minimum absolute atomic E-state index is 0.0386. The quantitative estimate of drug-likeness (QED) is 0.441. The molecule has 0 spiro atoms. The number of hydrogen-bond donors (Lipinski definition) is 3. The maximum Gasteiger partial charge on any atom is 0.174 e. The first kappa shape index (κ1) is 22.6. The zero-order chi connectivity index (χ0) is 23.7. The van der Waals surface area contributed by atoms with Gasteiger partial charge in [-0.3, -0.25) is 0 Å². The van der Waals surface area contributed by atoms with Crippen LogP contribution in [0.5, 0.6) is 11.5 Å². The van der Waals surface area contributed by atoms with Crippen LogP contribution in [-0.2, 0) is 12.8 Å². The van der Waals surface area contributed by atoms with E-state index in [2.05, 4.69) is 32.8 Å². The summed E-state index contributed by atoms with van der Waals surface area (Å²) in [5.41, 5.74) is 1.38. The summed E-state index contributed by atoms with van der Waals surface area (Å²) in [6, 6.07) is 15.6. The van der Waals surface area contributed by atoms with Crippen molar-refractivity contribution in [2.75, 3.05) is 0 Å². The topological polar surface area (TPSA) is 113 Å². The number of tetrazole rings is 1. The Morgan fingerprint density at radius 3 is 2.76 bits per heavy atom. The maximum absolute atomic E-state index is 10.9. The van der Waals surface area contributed by atoms with Crippen LogP contribution in [0.3, 0.4) is 0 Å². The van der Waals surface area contributed by atoms with E-state index in [1.807, 2.05) is 56.3 Å². The van der Waals surface area contributed by atoms with E-state index in [1.165, 1.54) is 0 Å². The van der Waals surface area contributed by atoms with Gasteiger partial charge in [-0.15, -0.1) is 10.2 Å². The molecule has 5 atom stereocenters. The number of ether oxygens (including phenoxy) is 2. The van der Waals surface area contributed by atoms with Crippen LogP contribution >= 0.6 is 0 Å². The van der Waals surface area contributed by atoms with Gasteiger partial charge in [0.2, 0.25) is 0 Å². The number of nitrogens with one attached hydrogen (secondary N) is 1. The summed E-state index contributed by atoms with van der Waals surface area (Å²) >= 11 is 0. The molecule has 5 rings (SSSR count). The number of aryl methyl sites for hydroxylation is 2. The predicted octanol–water partition coefficient (Wildman–Crippen LogP) is 2.99. The van der Waals surface area contributed by atoms with Gasteiger partial charge in [-0.25, -0.2) is 0 Å². The molecule has 0 radical (unpaired) electrons. The molecule has 3 aromatic rings. The summed E-state index contributed by atoms with van der Waals surface area (Å²) in [5.74, 6) is 2.16. The number of hydrogen-bond acceptors (Lipinski definition) is 7. The average molecular weight is 463 g/mol. The van der Waals surface area contributed by atoms with Crippen LogP contribution in [0.25, 0.3) is 0 Å². The lowest BCUT2D eigenvalue weighted by Gasteiger charge is -2.30. The van der Waals surface area contributed by atoms with Crippen molar-refractivity contribution >= 4 is 0 Å². The molecule has 0 unspecified atom stereocenters. The molecule has 2 aliphatic rings. The largest absolute Gasteiger partial charge is 0.489 e. The number of rotatable bonds is 8. The SMILES string of the molecule is CC(C)(Oc1ccccc1)[C@H](O)C=C[C@@H]1[C@H]2c3cccc(CCc4nn[nH]n4)c3O[C@H]2C[C@H]1O. The molecule has 8 nitrogen and oxygen atoms in total. The molecule has 0 amide bonds. The molecule has 2 heterocycles. The second-order valence-corrected chi connectivity index (χ2v) is 9.57. The Morgan fingerprint density at radius 2 is 2.00 bits per heavy atom. The van der Waals surface area contributed by atoms with Crippen molar-refractivity contribution in [3.63, 3.8) is 0 Å². The fraction of sp³-hybridized carbons (Fsp3) is 0.423.